The number of ketones is 1. The number of nitrogens with two attached hydrogens (primary N) is 1. The summed E-state index contributed by atoms with van der Waals surface area (Å²) in [5.74, 6) is 0.0539. The molecule has 2 heterocycles. The number of hydrogen-bond acceptors (Lipinski definition) is 5. The molecule has 1 aliphatic heterocycles. The van der Waals surface area contributed by atoms with Gasteiger partial charge in [0.1, 0.15) is 5.82 Å². The van der Waals surface area contributed by atoms with E-state index in [1.54, 1.807) is 11.3 Å². The molecule has 154 valence electrons. The Morgan fingerprint density at radius 2 is 2.00 bits per heavy atom. The van der Waals surface area contributed by atoms with Crippen molar-refractivity contribution in [2.24, 2.45) is 11.1 Å². The first kappa shape index (κ1) is 20.7. The highest BCUT2D eigenvalue weighted by Gasteiger charge is 2.45. The SMILES string of the molecule is Cc1ccsc1C1C(C#N)=C(N)N(c2cccc(Cl)c2C)C2=C1C(=O)CC(C)(C)C2. The molecule has 0 spiro atoms. The molecular weight excluding hydrogens is 414 g/mol. The Bertz CT molecular complexity index is 1170. The van der Waals surface area contributed by atoms with Gasteiger partial charge in [-0.15, -0.1) is 11.3 Å². The second kappa shape index (κ2) is 7.30. The quantitative estimate of drug-likeness (QED) is 0.629. The molecule has 1 atom stereocenters. The van der Waals surface area contributed by atoms with Crippen LogP contribution in [0.1, 0.15) is 48.6 Å². The van der Waals surface area contributed by atoms with Crippen LogP contribution in [0.3, 0.4) is 0 Å². The van der Waals surface area contributed by atoms with Crippen molar-refractivity contribution in [3.8, 4) is 6.07 Å². The molecular formula is C24H24ClN3OS. The molecule has 2 N–H and O–H groups in total. The molecule has 6 heteroatoms. The van der Waals surface area contributed by atoms with E-state index in [9.17, 15) is 10.1 Å². The lowest BCUT2D eigenvalue weighted by Crippen LogP contribution is -2.42. The number of halogens is 1. The highest BCUT2D eigenvalue weighted by molar-refractivity contribution is 7.10. The minimum absolute atomic E-state index is 0.0870. The minimum Gasteiger partial charge on any atom is -0.384 e. The molecule has 2 aliphatic rings. The number of aryl methyl sites for hydroxylation is 1. The first-order chi connectivity index (χ1) is 14.2. The smallest absolute Gasteiger partial charge is 0.162 e. The van der Waals surface area contributed by atoms with Crippen LogP contribution < -0.4 is 10.6 Å². The van der Waals surface area contributed by atoms with Gasteiger partial charge in [0.05, 0.1) is 23.2 Å². The summed E-state index contributed by atoms with van der Waals surface area (Å²) in [5, 5.41) is 12.7. The summed E-state index contributed by atoms with van der Waals surface area (Å²) < 4.78 is 0. The van der Waals surface area contributed by atoms with Crippen molar-refractivity contribution in [1.29, 1.82) is 5.26 Å². The highest BCUT2D eigenvalue weighted by atomic mass is 35.5. The van der Waals surface area contributed by atoms with Gasteiger partial charge in [-0.05, 0) is 60.4 Å². The second-order valence-corrected chi connectivity index (χ2v) is 10.2. The molecule has 0 bridgehead atoms. The predicted octanol–water partition coefficient (Wildman–Crippen LogP) is 5.96. The molecule has 1 aromatic carbocycles. The van der Waals surface area contributed by atoms with E-state index in [2.05, 4.69) is 19.9 Å². The lowest BCUT2D eigenvalue weighted by Gasteiger charge is -2.44. The van der Waals surface area contributed by atoms with Gasteiger partial charge in [0.2, 0.25) is 0 Å². The van der Waals surface area contributed by atoms with Crippen LogP contribution in [0.5, 0.6) is 0 Å². The summed E-state index contributed by atoms with van der Waals surface area (Å²) in [5.41, 5.74) is 11.2. The van der Waals surface area contributed by atoms with Crippen molar-refractivity contribution in [3.05, 3.63) is 73.3 Å². The Morgan fingerprint density at radius 1 is 1.27 bits per heavy atom. The summed E-state index contributed by atoms with van der Waals surface area (Å²) in [6, 6.07) is 10.00. The third kappa shape index (κ3) is 3.15. The zero-order valence-electron chi connectivity index (χ0n) is 17.5. The number of benzene rings is 1. The van der Waals surface area contributed by atoms with Gasteiger partial charge >= 0.3 is 0 Å². The van der Waals surface area contributed by atoms with E-state index in [-0.39, 0.29) is 11.2 Å². The zero-order valence-corrected chi connectivity index (χ0v) is 19.1. The molecule has 0 saturated carbocycles. The molecule has 4 nitrogen and oxygen atoms in total. The third-order valence-electron chi connectivity index (χ3n) is 6.02. The summed E-state index contributed by atoms with van der Waals surface area (Å²) in [4.78, 5) is 16.4. The number of rotatable bonds is 2. The number of anilines is 1. The van der Waals surface area contributed by atoms with Crippen molar-refractivity contribution in [2.45, 2.75) is 46.5 Å². The maximum Gasteiger partial charge on any atom is 0.162 e. The number of Topliss-reactive ketones (excluding diaryl/α,β-unsaturated/α-hetero) is 1. The first-order valence-corrected chi connectivity index (χ1v) is 11.2. The van der Waals surface area contributed by atoms with Crippen molar-refractivity contribution in [1.82, 2.24) is 0 Å². The molecule has 4 rings (SSSR count). The zero-order chi connectivity index (χ0) is 21.8. The normalized spacial score (nSPS) is 21.0. The molecule has 2 aromatic rings. The molecule has 0 amide bonds. The average Bonchev–Trinajstić information content (AvgIpc) is 3.08. The fourth-order valence-corrected chi connectivity index (χ4v) is 5.78. The lowest BCUT2D eigenvalue weighted by molar-refractivity contribution is -0.118. The van der Waals surface area contributed by atoms with Gasteiger partial charge < -0.3 is 5.73 Å². The van der Waals surface area contributed by atoms with Crippen LogP contribution >= 0.6 is 22.9 Å². The highest BCUT2D eigenvalue weighted by Crippen LogP contribution is 2.52. The Hall–Kier alpha value is -2.55. The van der Waals surface area contributed by atoms with Gasteiger partial charge in [-0.1, -0.05) is 31.5 Å². The third-order valence-corrected chi connectivity index (χ3v) is 7.52. The summed E-state index contributed by atoms with van der Waals surface area (Å²) >= 11 is 7.98. The van der Waals surface area contributed by atoms with Crippen molar-refractivity contribution < 1.29 is 4.79 Å². The van der Waals surface area contributed by atoms with E-state index in [0.29, 0.717) is 34.8 Å². The lowest BCUT2D eigenvalue weighted by atomic mass is 9.69. The van der Waals surface area contributed by atoms with Crippen LogP contribution in [0.2, 0.25) is 5.02 Å². The van der Waals surface area contributed by atoms with Crippen LogP contribution in [-0.4, -0.2) is 5.78 Å². The molecule has 0 radical (unpaired) electrons. The van der Waals surface area contributed by atoms with E-state index >= 15 is 0 Å². The monoisotopic (exact) mass is 437 g/mol. The summed E-state index contributed by atoms with van der Waals surface area (Å²) in [6.45, 7) is 8.15. The van der Waals surface area contributed by atoms with Gasteiger partial charge in [0.25, 0.3) is 0 Å². The van der Waals surface area contributed by atoms with Crippen LogP contribution in [0.25, 0.3) is 0 Å². The van der Waals surface area contributed by atoms with Crippen molar-refractivity contribution >= 4 is 34.4 Å². The standard InChI is InChI=1S/C24H24ClN3OS/c1-13-8-9-30-22(13)20-15(12-26)23(27)28(17-7-5-6-16(25)14(17)2)18-10-24(3,4)11-19(29)21(18)20/h5-9,20H,10-11,27H2,1-4H3. The van der Waals surface area contributed by atoms with E-state index < -0.39 is 5.92 Å². The van der Waals surface area contributed by atoms with Crippen molar-refractivity contribution in [2.75, 3.05) is 4.90 Å². The average molecular weight is 438 g/mol. The Balaban J connectivity index is 2.05. The predicted molar refractivity (Wildman–Crippen MR) is 122 cm³/mol. The Labute approximate surface area is 186 Å². The Morgan fingerprint density at radius 3 is 2.63 bits per heavy atom. The number of carbonyl (C=O) groups is 1. The van der Waals surface area contributed by atoms with Gasteiger partial charge in [-0.25, -0.2) is 0 Å². The van der Waals surface area contributed by atoms with Crippen LogP contribution in [0.4, 0.5) is 5.69 Å². The number of hydrogen-bond donors (Lipinski definition) is 1. The summed E-state index contributed by atoms with van der Waals surface area (Å²) in [7, 11) is 0. The molecule has 30 heavy (non-hydrogen) atoms. The number of nitriles is 1. The number of carbonyl (C=O) groups excluding carboxylic acids is 1. The largest absolute Gasteiger partial charge is 0.384 e. The molecule has 1 aliphatic carbocycles. The number of allylic oxidation sites excluding steroid dienone is 3. The fraction of sp³-hybridized carbons (Fsp3) is 0.333. The van der Waals surface area contributed by atoms with E-state index in [1.807, 2.05) is 48.4 Å². The number of nitrogens with zero attached hydrogens (tertiary/aromatic N) is 2. The number of thiophene rings is 1. The Kier molecular flexibility index (Phi) is 5.04. The molecule has 0 fully saturated rings. The van der Waals surface area contributed by atoms with Gasteiger partial charge in [-0.2, -0.15) is 5.26 Å². The van der Waals surface area contributed by atoms with Gasteiger partial charge in [0, 0.05) is 27.6 Å². The van der Waals surface area contributed by atoms with Gasteiger partial charge in [-0.3, -0.25) is 9.69 Å². The van der Waals surface area contributed by atoms with E-state index in [4.69, 9.17) is 17.3 Å². The maximum absolute atomic E-state index is 13.5. The minimum atomic E-state index is -0.413. The second-order valence-electron chi connectivity index (χ2n) is 8.83. The van der Waals surface area contributed by atoms with Gasteiger partial charge in [0.15, 0.2) is 5.78 Å². The van der Waals surface area contributed by atoms with Crippen LogP contribution in [-0.2, 0) is 4.79 Å². The van der Waals surface area contributed by atoms with E-state index in [1.165, 1.54) is 0 Å². The van der Waals surface area contributed by atoms with Crippen molar-refractivity contribution in [3.63, 3.8) is 0 Å². The van der Waals surface area contributed by atoms with Crippen LogP contribution in [0, 0.1) is 30.6 Å². The molecule has 1 aromatic heterocycles. The fourth-order valence-electron chi connectivity index (χ4n) is 4.56. The maximum atomic E-state index is 13.5. The first-order valence-electron chi connectivity index (χ1n) is 9.91. The van der Waals surface area contributed by atoms with E-state index in [0.717, 1.165) is 27.4 Å². The van der Waals surface area contributed by atoms with Crippen LogP contribution in [0.15, 0.2) is 52.3 Å². The topological polar surface area (TPSA) is 70.1 Å². The molecule has 0 saturated heterocycles. The molecule has 1 unspecified atom stereocenters. The summed E-state index contributed by atoms with van der Waals surface area (Å²) in [6.07, 6.45) is 1.15.